The Morgan fingerprint density at radius 2 is 2.21 bits per heavy atom. The first-order valence-corrected chi connectivity index (χ1v) is 4.63. The molecule has 0 bridgehead atoms. The van der Waals surface area contributed by atoms with Crippen molar-refractivity contribution in [3.63, 3.8) is 0 Å². The molecule has 0 saturated carbocycles. The summed E-state index contributed by atoms with van der Waals surface area (Å²) >= 11 is 2.96. The molecule has 0 heterocycles. The molecule has 0 radical (unpaired) electrons. The molecule has 0 aromatic heterocycles. The van der Waals surface area contributed by atoms with Crippen molar-refractivity contribution in [3.05, 3.63) is 34.1 Å². The Kier molecular flexibility index (Phi) is 2.92. The molecule has 3 nitrogen and oxygen atoms in total. The highest BCUT2D eigenvalue weighted by Crippen LogP contribution is 2.23. The molecule has 0 spiro atoms. The van der Waals surface area contributed by atoms with E-state index in [1.807, 2.05) is 0 Å². The summed E-state index contributed by atoms with van der Waals surface area (Å²) in [6.07, 6.45) is 0. The summed E-state index contributed by atoms with van der Waals surface area (Å²) in [6, 6.07) is 3.89. The maximum absolute atomic E-state index is 12.9. The van der Waals surface area contributed by atoms with Gasteiger partial charge in [0.15, 0.2) is 0 Å². The van der Waals surface area contributed by atoms with Gasteiger partial charge in [-0.3, -0.25) is 0 Å². The fourth-order valence-corrected chi connectivity index (χ4v) is 1.32. The quantitative estimate of drug-likeness (QED) is 0.854. The largest absolute Gasteiger partial charge is 0.480 e. The third-order valence-corrected chi connectivity index (χ3v) is 2.57. The van der Waals surface area contributed by atoms with Gasteiger partial charge >= 0.3 is 5.97 Å². The average Bonchev–Trinajstić information content (AvgIpc) is 2.09. The van der Waals surface area contributed by atoms with Crippen LogP contribution in [-0.4, -0.2) is 11.1 Å². The van der Waals surface area contributed by atoms with E-state index in [0.717, 1.165) is 0 Å². The molecule has 3 N–H and O–H groups in total. The van der Waals surface area contributed by atoms with Crippen LogP contribution in [0.2, 0.25) is 0 Å². The first-order chi connectivity index (χ1) is 6.35. The van der Waals surface area contributed by atoms with Gasteiger partial charge in [0.05, 0.1) is 4.47 Å². The predicted molar refractivity (Wildman–Crippen MR) is 53.3 cm³/mol. The van der Waals surface area contributed by atoms with Gasteiger partial charge in [0.25, 0.3) is 0 Å². The van der Waals surface area contributed by atoms with Gasteiger partial charge in [0.2, 0.25) is 0 Å². The van der Waals surface area contributed by atoms with Gasteiger partial charge in [-0.1, -0.05) is 6.07 Å². The van der Waals surface area contributed by atoms with Gasteiger partial charge in [-0.05, 0) is 40.5 Å². The lowest BCUT2D eigenvalue weighted by atomic mass is 9.93. The highest BCUT2D eigenvalue weighted by Gasteiger charge is 2.30. The molecular formula is C9H9BrFNO2. The molecule has 5 heteroatoms. The average molecular weight is 262 g/mol. The Bertz CT molecular complexity index is 379. The minimum atomic E-state index is -1.50. The second-order valence-electron chi connectivity index (χ2n) is 3.14. The summed E-state index contributed by atoms with van der Waals surface area (Å²) in [4.78, 5) is 10.8. The number of hydrogen-bond acceptors (Lipinski definition) is 2. The standard InChI is InChI=1S/C9H9BrFNO2/c1-9(12,8(13)14)5-2-3-7(11)6(10)4-5/h2-4H,12H2,1H3,(H,13,14)/t9-/m1/s1. The molecule has 0 aliphatic heterocycles. The Morgan fingerprint density at radius 3 is 2.64 bits per heavy atom. The van der Waals surface area contributed by atoms with Crippen molar-refractivity contribution in [1.82, 2.24) is 0 Å². The minimum absolute atomic E-state index is 0.202. The van der Waals surface area contributed by atoms with E-state index >= 15 is 0 Å². The lowest BCUT2D eigenvalue weighted by molar-refractivity contribution is -0.143. The first-order valence-electron chi connectivity index (χ1n) is 3.83. The molecule has 1 aromatic carbocycles. The number of rotatable bonds is 2. The van der Waals surface area contributed by atoms with Crippen molar-refractivity contribution in [2.45, 2.75) is 12.5 Å². The summed E-state index contributed by atoms with van der Waals surface area (Å²) in [7, 11) is 0. The molecule has 0 saturated heterocycles. The Morgan fingerprint density at radius 1 is 1.64 bits per heavy atom. The molecule has 1 rings (SSSR count). The number of aliphatic carboxylic acids is 1. The van der Waals surface area contributed by atoms with E-state index in [1.54, 1.807) is 0 Å². The molecule has 0 aliphatic rings. The highest BCUT2D eigenvalue weighted by atomic mass is 79.9. The Hall–Kier alpha value is -0.940. The van der Waals surface area contributed by atoms with Crippen molar-refractivity contribution in [3.8, 4) is 0 Å². The number of carbonyl (C=O) groups is 1. The summed E-state index contributed by atoms with van der Waals surface area (Å²) in [6.45, 7) is 1.36. The van der Waals surface area contributed by atoms with Gasteiger partial charge in [0, 0.05) is 0 Å². The van der Waals surface area contributed by atoms with Crippen molar-refractivity contribution in [1.29, 1.82) is 0 Å². The van der Waals surface area contributed by atoms with E-state index in [-0.39, 0.29) is 4.47 Å². The molecule has 0 aliphatic carbocycles. The topological polar surface area (TPSA) is 63.3 Å². The second-order valence-corrected chi connectivity index (χ2v) is 3.99. The van der Waals surface area contributed by atoms with E-state index in [4.69, 9.17) is 10.8 Å². The van der Waals surface area contributed by atoms with Crippen molar-refractivity contribution < 1.29 is 14.3 Å². The molecular weight excluding hydrogens is 253 g/mol. The molecule has 1 aromatic rings. The van der Waals surface area contributed by atoms with Crippen LogP contribution in [0.3, 0.4) is 0 Å². The van der Waals surface area contributed by atoms with Crippen LogP contribution in [-0.2, 0) is 10.3 Å². The van der Waals surface area contributed by atoms with E-state index in [9.17, 15) is 9.18 Å². The van der Waals surface area contributed by atoms with Gasteiger partial charge in [-0.2, -0.15) is 0 Å². The molecule has 0 fully saturated rings. The number of carboxylic acid groups (broad SMARTS) is 1. The zero-order valence-electron chi connectivity index (χ0n) is 7.42. The Labute approximate surface area is 88.9 Å². The molecule has 76 valence electrons. The fraction of sp³-hybridized carbons (Fsp3) is 0.222. The van der Waals surface area contributed by atoms with Crippen LogP contribution < -0.4 is 5.73 Å². The number of hydrogen-bond donors (Lipinski definition) is 2. The molecule has 1 atom stereocenters. The van der Waals surface area contributed by atoms with Crippen LogP contribution in [0.15, 0.2) is 22.7 Å². The molecule has 0 amide bonds. The SMILES string of the molecule is C[C@](N)(C(=O)O)c1ccc(F)c(Br)c1. The first kappa shape index (κ1) is 11.1. The number of nitrogens with two attached hydrogens (primary N) is 1. The Balaban J connectivity index is 3.21. The van der Waals surface area contributed by atoms with Crippen LogP contribution in [0.5, 0.6) is 0 Å². The third kappa shape index (κ3) is 1.93. The second kappa shape index (κ2) is 3.67. The van der Waals surface area contributed by atoms with Gasteiger partial charge < -0.3 is 10.8 Å². The van der Waals surface area contributed by atoms with E-state index in [2.05, 4.69) is 15.9 Å². The predicted octanol–water partition coefficient (Wildman–Crippen LogP) is 1.85. The van der Waals surface area contributed by atoms with Gasteiger partial charge in [-0.15, -0.1) is 0 Å². The number of carboxylic acids is 1. The van der Waals surface area contributed by atoms with E-state index in [1.165, 1.54) is 25.1 Å². The summed E-state index contributed by atoms with van der Waals surface area (Å²) in [5.74, 6) is -1.61. The fourth-order valence-electron chi connectivity index (χ4n) is 0.943. The van der Waals surface area contributed by atoms with Crippen LogP contribution in [0.4, 0.5) is 4.39 Å². The lowest BCUT2D eigenvalue weighted by Gasteiger charge is -2.19. The van der Waals surface area contributed by atoms with Gasteiger partial charge in [0.1, 0.15) is 11.4 Å². The van der Waals surface area contributed by atoms with E-state index < -0.39 is 17.3 Å². The van der Waals surface area contributed by atoms with Gasteiger partial charge in [-0.25, -0.2) is 9.18 Å². The van der Waals surface area contributed by atoms with Crippen molar-refractivity contribution in [2.24, 2.45) is 5.73 Å². The summed E-state index contributed by atoms with van der Waals surface area (Å²) in [5.41, 5.74) is 4.40. The number of halogens is 2. The van der Waals surface area contributed by atoms with Crippen LogP contribution in [0.25, 0.3) is 0 Å². The summed E-state index contributed by atoms with van der Waals surface area (Å²) < 4.78 is 13.1. The maximum atomic E-state index is 12.9. The van der Waals surface area contributed by atoms with Crippen LogP contribution in [0.1, 0.15) is 12.5 Å². The molecule has 0 unspecified atom stereocenters. The zero-order valence-corrected chi connectivity index (χ0v) is 9.01. The lowest BCUT2D eigenvalue weighted by Crippen LogP contribution is -2.41. The van der Waals surface area contributed by atoms with Crippen molar-refractivity contribution >= 4 is 21.9 Å². The normalized spacial score (nSPS) is 14.9. The monoisotopic (exact) mass is 261 g/mol. The van der Waals surface area contributed by atoms with Crippen molar-refractivity contribution in [2.75, 3.05) is 0 Å². The number of benzene rings is 1. The van der Waals surface area contributed by atoms with Crippen LogP contribution in [0, 0.1) is 5.82 Å². The molecule has 14 heavy (non-hydrogen) atoms. The smallest absolute Gasteiger partial charge is 0.328 e. The van der Waals surface area contributed by atoms with Crippen LogP contribution >= 0.6 is 15.9 Å². The zero-order chi connectivity index (χ0) is 10.9. The third-order valence-electron chi connectivity index (χ3n) is 1.96. The minimum Gasteiger partial charge on any atom is -0.480 e. The maximum Gasteiger partial charge on any atom is 0.328 e. The highest BCUT2D eigenvalue weighted by molar-refractivity contribution is 9.10. The summed E-state index contributed by atoms with van der Waals surface area (Å²) in [5, 5.41) is 8.82. The van der Waals surface area contributed by atoms with E-state index in [0.29, 0.717) is 5.56 Å².